The summed E-state index contributed by atoms with van der Waals surface area (Å²) in [5.41, 5.74) is 0.229. The van der Waals surface area contributed by atoms with Crippen LogP contribution in [0.3, 0.4) is 0 Å². The summed E-state index contributed by atoms with van der Waals surface area (Å²) in [5, 5.41) is 0.186. The average molecular weight is 271 g/mol. The Labute approximate surface area is 102 Å². The van der Waals surface area contributed by atoms with Crippen LogP contribution in [0.25, 0.3) is 10.9 Å². The van der Waals surface area contributed by atoms with Gasteiger partial charge in [0, 0.05) is 17.1 Å². The molecule has 0 aliphatic carbocycles. The van der Waals surface area contributed by atoms with Crippen LogP contribution in [0, 0.1) is 0 Å². The molecule has 0 bridgehead atoms. The summed E-state index contributed by atoms with van der Waals surface area (Å²) in [6.07, 6.45) is 2.01. The van der Waals surface area contributed by atoms with Crippen molar-refractivity contribution in [2.75, 3.05) is 6.26 Å². The highest BCUT2D eigenvalue weighted by Gasteiger charge is 2.11. The van der Waals surface area contributed by atoms with Crippen LogP contribution in [0.1, 0.15) is 5.56 Å². The Balaban J connectivity index is 2.66. The second-order valence-electron chi connectivity index (χ2n) is 3.78. The standard InChI is InChI=1S/C11H10FNO4S/c1-18(15,16)17-10-6-13-9-3-2-7(5-12)4-8(9)11(10)14/h2-4,6H,5H2,1H3,(H,13,14). The van der Waals surface area contributed by atoms with Gasteiger partial charge in [-0.3, -0.25) is 4.79 Å². The third kappa shape index (κ3) is 2.51. The fraction of sp³-hybridized carbons (Fsp3) is 0.182. The molecule has 0 spiro atoms. The van der Waals surface area contributed by atoms with Gasteiger partial charge in [0.15, 0.2) is 0 Å². The highest BCUT2D eigenvalue weighted by Crippen LogP contribution is 2.15. The molecule has 0 radical (unpaired) electrons. The summed E-state index contributed by atoms with van der Waals surface area (Å²) in [6, 6.07) is 4.45. The van der Waals surface area contributed by atoms with Crippen LogP contribution in [0.15, 0.2) is 29.2 Å². The van der Waals surface area contributed by atoms with Crippen LogP contribution in [0.5, 0.6) is 5.75 Å². The van der Waals surface area contributed by atoms with Crippen LogP contribution in [0.4, 0.5) is 4.39 Å². The fourth-order valence-electron chi connectivity index (χ4n) is 1.55. The summed E-state index contributed by atoms with van der Waals surface area (Å²) in [4.78, 5) is 14.7. The molecular formula is C11H10FNO4S. The lowest BCUT2D eigenvalue weighted by Gasteiger charge is -2.04. The molecule has 0 fully saturated rings. The summed E-state index contributed by atoms with van der Waals surface area (Å²) < 4.78 is 39.0. The zero-order valence-corrected chi connectivity index (χ0v) is 10.3. The third-order valence-electron chi connectivity index (χ3n) is 2.31. The van der Waals surface area contributed by atoms with Crippen LogP contribution in [-0.4, -0.2) is 19.7 Å². The highest BCUT2D eigenvalue weighted by atomic mass is 32.2. The summed E-state index contributed by atoms with van der Waals surface area (Å²) in [6.45, 7) is -0.702. The molecule has 0 aliphatic rings. The van der Waals surface area contributed by atoms with Gasteiger partial charge in [0.2, 0.25) is 11.2 Å². The quantitative estimate of drug-likeness (QED) is 0.855. The topological polar surface area (TPSA) is 76.2 Å². The van der Waals surface area contributed by atoms with E-state index in [0.717, 1.165) is 6.26 Å². The minimum atomic E-state index is -3.78. The molecule has 2 aromatic rings. The van der Waals surface area contributed by atoms with Gasteiger partial charge in [-0.15, -0.1) is 0 Å². The molecule has 96 valence electrons. The van der Waals surface area contributed by atoms with Crippen molar-refractivity contribution in [1.82, 2.24) is 4.98 Å². The van der Waals surface area contributed by atoms with Gasteiger partial charge < -0.3 is 9.17 Å². The van der Waals surface area contributed by atoms with Crippen molar-refractivity contribution in [1.29, 1.82) is 0 Å². The van der Waals surface area contributed by atoms with Gasteiger partial charge in [-0.2, -0.15) is 8.42 Å². The lowest BCUT2D eigenvalue weighted by atomic mass is 10.1. The first kappa shape index (κ1) is 12.6. The minimum Gasteiger partial charge on any atom is -0.377 e. The maximum absolute atomic E-state index is 12.5. The summed E-state index contributed by atoms with van der Waals surface area (Å²) in [5.74, 6) is -0.332. The molecule has 2 rings (SSSR count). The Hall–Kier alpha value is -1.89. The van der Waals surface area contributed by atoms with Crippen molar-refractivity contribution in [3.05, 3.63) is 40.2 Å². The molecule has 1 heterocycles. The molecule has 5 nitrogen and oxygen atoms in total. The zero-order valence-electron chi connectivity index (χ0n) is 9.44. The van der Waals surface area contributed by atoms with E-state index in [0.29, 0.717) is 11.1 Å². The smallest absolute Gasteiger partial charge is 0.306 e. The number of H-pyrrole nitrogens is 1. The van der Waals surface area contributed by atoms with Crippen LogP contribution >= 0.6 is 0 Å². The van der Waals surface area contributed by atoms with Gasteiger partial charge in [-0.1, -0.05) is 6.07 Å². The molecule has 1 aromatic carbocycles. The fourth-order valence-corrected chi connectivity index (χ4v) is 2.00. The van der Waals surface area contributed by atoms with Crippen molar-refractivity contribution >= 4 is 21.0 Å². The molecule has 18 heavy (non-hydrogen) atoms. The number of fused-ring (bicyclic) bond motifs is 1. The zero-order chi connectivity index (χ0) is 13.3. The van der Waals surface area contributed by atoms with E-state index >= 15 is 0 Å². The maximum Gasteiger partial charge on any atom is 0.306 e. The molecule has 7 heteroatoms. The van der Waals surface area contributed by atoms with Crippen LogP contribution in [0.2, 0.25) is 0 Å². The first-order chi connectivity index (χ1) is 8.40. The van der Waals surface area contributed by atoms with Gasteiger partial charge in [-0.25, -0.2) is 4.39 Å². The largest absolute Gasteiger partial charge is 0.377 e. The number of aromatic amines is 1. The molecule has 0 saturated heterocycles. The van der Waals surface area contributed by atoms with Crippen molar-refractivity contribution < 1.29 is 17.0 Å². The predicted octanol–water partition coefficient (Wildman–Crippen LogP) is 1.34. The maximum atomic E-state index is 12.5. The monoisotopic (exact) mass is 271 g/mol. The van der Waals surface area contributed by atoms with Gasteiger partial charge >= 0.3 is 10.1 Å². The van der Waals surface area contributed by atoms with Crippen molar-refractivity contribution in [2.24, 2.45) is 0 Å². The molecule has 0 saturated carbocycles. The van der Waals surface area contributed by atoms with Crippen molar-refractivity contribution in [2.45, 2.75) is 6.67 Å². The van der Waals surface area contributed by atoms with E-state index in [4.69, 9.17) is 0 Å². The Morgan fingerprint density at radius 2 is 2.11 bits per heavy atom. The van der Waals surface area contributed by atoms with Gasteiger partial charge in [-0.05, 0) is 17.7 Å². The SMILES string of the molecule is CS(=O)(=O)Oc1c[nH]c2ccc(CF)cc2c1=O. The number of rotatable bonds is 3. The second kappa shape index (κ2) is 4.41. The Kier molecular flexibility index (Phi) is 3.08. The van der Waals surface area contributed by atoms with E-state index in [9.17, 15) is 17.6 Å². The van der Waals surface area contributed by atoms with Crippen LogP contribution in [-0.2, 0) is 16.8 Å². The van der Waals surface area contributed by atoms with E-state index in [1.54, 1.807) is 6.07 Å². The van der Waals surface area contributed by atoms with Crippen LogP contribution < -0.4 is 9.61 Å². The first-order valence-electron chi connectivity index (χ1n) is 5.00. The Morgan fingerprint density at radius 1 is 1.39 bits per heavy atom. The average Bonchev–Trinajstić information content (AvgIpc) is 2.31. The van der Waals surface area contributed by atoms with E-state index in [1.165, 1.54) is 18.3 Å². The summed E-state index contributed by atoms with van der Waals surface area (Å²) >= 11 is 0. The van der Waals surface area contributed by atoms with Gasteiger partial charge in [0.25, 0.3) is 0 Å². The normalized spacial score (nSPS) is 11.7. The number of pyridine rings is 1. The molecule has 0 atom stereocenters. The molecule has 0 unspecified atom stereocenters. The number of halogens is 1. The number of nitrogens with one attached hydrogen (secondary N) is 1. The second-order valence-corrected chi connectivity index (χ2v) is 5.36. The molecular weight excluding hydrogens is 261 g/mol. The third-order valence-corrected chi connectivity index (χ3v) is 2.79. The Morgan fingerprint density at radius 3 is 2.72 bits per heavy atom. The van der Waals surface area contributed by atoms with E-state index in [-0.39, 0.29) is 11.1 Å². The molecule has 0 amide bonds. The predicted molar refractivity (Wildman–Crippen MR) is 64.9 cm³/mol. The van der Waals surface area contributed by atoms with E-state index in [1.807, 2.05) is 0 Å². The summed E-state index contributed by atoms with van der Waals surface area (Å²) in [7, 11) is -3.78. The Bertz CT molecular complexity index is 751. The van der Waals surface area contributed by atoms with Crippen molar-refractivity contribution in [3.8, 4) is 5.75 Å². The van der Waals surface area contributed by atoms with E-state index in [2.05, 4.69) is 9.17 Å². The lowest BCUT2D eigenvalue weighted by molar-refractivity contribution is 0.485. The lowest BCUT2D eigenvalue weighted by Crippen LogP contribution is -2.14. The van der Waals surface area contributed by atoms with E-state index < -0.39 is 22.2 Å². The highest BCUT2D eigenvalue weighted by molar-refractivity contribution is 7.86. The first-order valence-corrected chi connectivity index (χ1v) is 6.82. The molecule has 1 aromatic heterocycles. The minimum absolute atomic E-state index is 0.186. The van der Waals surface area contributed by atoms with Gasteiger partial charge in [0.05, 0.1) is 6.26 Å². The van der Waals surface area contributed by atoms with Crippen molar-refractivity contribution in [3.63, 3.8) is 0 Å². The number of benzene rings is 1. The molecule has 0 aliphatic heterocycles. The van der Waals surface area contributed by atoms with Gasteiger partial charge in [0.1, 0.15) is 6.67 Å². The molecule has 1 N–H and O–H groups in total. The number of alkyl halides is 1. The number of hydrogen-bond donors (Lipinski definition) is 1. The number of aromatic nitrogens is 1. The number of hydrogen-bond acceptors (Lipinski definition) is 4.